The zero-order valence-electron chi connectivity index (χ0n) is 20.5. The molecule has 1 fully saturated rings. The minimum atomic E-state index is -4.62. The third-order valence-electron chi connectivity index (χ3n) is 6.68. The maximum atomic E-state index is 13.7. The Morgan fingerprint density at radius 3 is 2.29 bits per heavy atom. The predicted molar refractivity (Wildman–Crippen MR) is 132 cm³/mol. The van der Waals surface area contributed by atoms with Crippen molar-refractivity contribution in [3.8, 4) is 0 Å². The van der Waals surface area contributed by atoms with E-state index in [1.54, 1.807) is 36.4 Å². The summed E-state index contributed by atoms with van der Waals surface area (Å²) in [6.45, 7) is 0.838. The van der Waals surface area contributed by atoms with Crippen molar-refractivity contribution in [1.29, 1.82) is 0 Å². The van der Waals surface area contributed by atoms with Crippen LogP contribution in [0.5, 0.6) is 0 Å². The molecule has 8 nitrogen and oxygen atoms in total. The van der Waals surface area contributed by atoms with Crippen LogP contribution in [0.2, 0.25) is 0 Å². The van der Waals surface area contributed by atoms with E-state index in [1.165, 1.54) is 4.90 Å². The fourth-order valence-corrected chi connectivity index (χ4v) is 4.68. The van der Waals surface area contributed by atoms with Crippen molar-refractivity contribution >= 4 is 23.6 Å². The summed E-state index contributed by atoms with van der Waals surface area (Å²) in [6.07, 6.45) is -3.38. The number of amides is 2. The van der Waals surface area contributed by atoms with Gasteiger partial charge in [0.05, 0.1) is 17.7 Å². The van der Waals surface area contributed by atoms with Gasteiger partial charge in [-0.1, -0.05) is 36.4 Å². The van der Waals surface area contributed by atoms with Crippen LogP contribution in [0.3, 0.4) is 0 Å². The average Bonchev–Trinajstić information content (AvgIpc) is 2.88. The number of alkyl halides is 3. The smallest absolute Gasteiger partial charge is 0.419 e. The largest absolute Gasteiger partial charge is 0.530 e. The summed E-state index contributed by atoms with van der Waals surface area (Å²) in [5.41, 5.74) is 7.30. The van der Waals surface area contributed by atoms with Crippen LogP contribution in [0.1, 0.15) is 46.7 Å². The number of hydrogen-bond donors (Lipinski definition) is 2. The molecule has 38 heavy (non-hydrogen) atoms. The lowest BCUT2D eigenvalue weighted by Gasteiger charge is -2.33. The van der Waals surface area contributed by atoms with Gasteiger partial charge >= 0.3 is 6.18 Å². The van der Waals surface area contributed by atoms with E-state index in [4.69, 9.17) is 5.73 Å². The van der Waals surface area contributed by atoms with Gasteiger partial charge in [-0.05, 0) is 60.4 Å². The van der Waals surface area contributed by atoms with Crippen molar-refractivity contribution < 1.29 is 27.9 Å². The second-order valence-corrected chi connectivity index (χ2v) is 9.24. The van der Waals surface area contributed by atoms with Gasteiger partial charge in [-0.3, -0.25) is 4.79 Å². The van der Waals surface area contributed by atoms with Crippen LogP contribution in [0.25, 0.3) is 0 Å². The van der Waals surface area contributed by atoms with Crippen LogP contribution >= 0.6 is 0 Å². The van der Waals surface area contributed by atoms with E-state index >= 15 is 0 Å². The number of carbonyl (C=O) groups is 2. The SMILES string of the molecule is NC(=O)Cc1ccccc1CCc1nc(Nc2ccc(C3CCN(C(=O)[O-])CC3)cc2)ncc1C(F)(F)F. The lowest BCUT2D eigenvalue weighted by Crippen LogP contribution is -2.45. The number of benzene rings is 2. The highest BCUT2D eigenvalue weighted by Crippen LogP contribution is 2.33. The number of anilines is 2. The Morgan fingerprint density at radius 2 is 1.68 bits per heavy atom. The van der Waals surface area contributed by atoms with E-state index < -0.39 is 23.7 Å². The number of carbonyl (C=O) groups excluding carboxylic acids is 2. The van der Waals surface area contributed by atoms with E-state index in [0.717, 1.165) is 17.3 Å². The first-order valence-corrected chi connectivity index (χ1v) is 12.2. The Kier molecular flexibility index (Phi) is 8.13. The van der Waals surface area contributed by atoms with Crippen LogP contribution < -0.4 is 16.2 Å². The number of nitrogens with two attached hydrogens (primary N) is 1. The molecule has 3 aromatic rings. The van der Waals surface area contributed by atoms with Crippen LogP contribution in [0, 0.1) is 0 Å². The molecule has 1 aliphatic rings. The molecule has 2 aromatic carbocycles. The Balaban J connectivity index is 1.47. The maximum Gasteiger partial charge on any atom is 0.419 e. The van der Waals surface area contributed by atoms with Gasteiger partial charge in [0.1, 0.15) is 6.09 Å². The summed E-state index contributed by atoms with van der Waals surface area (Å²) in [5.74, 6) is -0.268. The zero-order valence-corrected chi connectivity index (χ0v) is 20.5. The van der Waals surface area contributed by atoms with E-state index in [0.29, 0.717) is 37.2 Å². The second kappa shape index (κ2) is 11.5. The first kappa shape index (κ1) is 26.9. The van der Waals surface area contributed by atoms with Crippen molar-refractivity contribution in [2.75, 3.05) is 18.4 Å². The van der Waals surface area contributed by atoms with Crippen molar-refractivity contribution in [1.82, 2.24) is 14.9 Å². The number of rotatable bonds is 8. The monoisotopic (exact) mass is 526 g/mol. The molecule has 200 valence electrons. The number of nitrogens with one attached hydrogen (secondary N) is 1. The molecule has 0 atom stereocenters. The van der Waals surface area contributed by atoms with Crippen molar-refractivity contribution in [3.05, 3.63) is 82.7 Å². The first-order valence-electron chi connectivity index (χ1n) is 12.2. The molecule has 0 bridgehead atoms. The van der Waals surface area contributed by atoms with Crippen molar-refractivity contribution in [2.24, 2.45) is 5.73 Å². The number of likely N-dealkylation sites (tertiary alicyclic amines) is 1. The van der Waals surface area contributed by atoms with E-state index in [1.807, 2.05) is 12.1 Å². The molecule has 2 amide bonds. The lowest BCUT2D eigenvalue weighted by molar-refractivity contribution is -0.266. The Bertz CT molecular complexity index is 1290. The van der Waals surface area contributed by atoms with E-state index in [9.17, 15) is 27.9 Å². The quantitative estimate of drug-likeness (QED) is 0.463. The molecule has 0 unspecified atom stereocenters. The molecule has 0 radical (unpaired) electrons. The topological polar surface area (TPSA) is 124 Å². The number of aryl methyl sites for hydroxylation is 2. The number of nitrogens with zero attached hydrogens (tertiary/aromatic N) is 3. The van der Waals surface area contributed by atoms with Crippen LogP contribution in [-0.4, -0.2) is 40.0 Å². The molecule has 0 spiro atoms. The van der Waals surface area contributed by atoms with E-state index in [-0.39, 0.29) is 36.8 Å². The Hall–Kier alpha value is -4.15. The highest BCUT2D eigenvalue weighted by atomic mass is 19.4. The summed E-state index contributed by atoms with van der Waals surface area (Å²) in [6, 6.07) is 14.4. The minimum Gasteiger partial charge on any atom is -0.530 e. The molecule has 3 N–H and O–H groups in total. The van der Waals surface area contributed by atoms with Gasteiger partial charge in [-0.25, -0.2) is 9.97 Å². The Morgan fingerprint density at radius 1 is 1.03 bits per heavy atom. The number of aromatic nitrogens is 2. The van der Waals surface area contributed by atoms with Gasteiger partial charge in [-0.2, -0.15) is 13.2 Å². The minimum absolute atomic E-state index is 0.00472. The van der Waals surface area contributed by atoms with Crippen molar-refractivity contribution in [2.45, 2.75) is 44.2 Å². The summed E-state index contributed by atoms with van der Waals surface area (Å²) in [5, 5.41) is 14.0. The molecule has 4 rings (SSSR count). The number of primary amides is 1. The number of halogens is 3. The van der Waals surface area contributed by atoms with Gasteiger partial charge in [0.15, 0.2) is 0 Å². The molecule has 0 aliphatic carbocycles. The van der Waals surface area contributed by atoms with Gasteiger partial charge < -0.3 is 25.9 Å². The number of carboxylic acid groups (broad SMARTS) is 1. The molecule has 2 heterocycles. The summed E-state index contributed by atoms with van der Waals surface area (Å²) in [7, 11) is 0. The predicted octanol–water partition coefficient (Wildman–Crippen LogP) is 3.57. The molecule has 1 saturated heterocycles. The van der Waals surface area contributed by atoms with Crippen LogP contribution in [0.4, 0.5) is 29.6 Å². The normalized spacial score (nSPS) is 14.3. The molecule has 1 aliphatic heterocycles. The fraction of sp³-hybridized carbons (Fsp3) is 0.333. The van der Waals surface area contributed by atoms with Gasteiger partial charge in [-0.15, -0.1) is 0 Å². The van der Waals surface area contributed by atoms with Crippen LogP contribution in [-0.2, 0) is 30.2 Å². The van der Waals surface area contributed by atoms with Crippen LogP contribution in [0.15, 0.2) is 54.7 Å². The summed E-state index contributed by atoms with van der Waals surface area (Å²) in [4.78, 5) is 31.7. The number of piperidine rings is 1. The second-order valence-electron chi connectivity index (χ2n) is 9.24. The van der Waals surface area contributed by atoms with Gasteiger partial charge in [0.25, 0.3) is 0 Å². The molecular formula is C27H27F3N5O3-. The standard InChI is InChI=1S/C27H28F3N5O3/c28-27(29,30)22-16-32-25(34-23(22)10-7-17-3-1-2-4-20(17)15-24(31)36)33-21-8-5-18(6-9-21)19-11-13-35(14-12-19)26(37)38/h1-6,8-9,16,19H,7,10-15H2,(H2,31,36)(H,37,38)(H,32,33,34)/p-1. The Labute approximate surface area is 217 Å². The highest BCUT2D eigenvalue weighted by Gasteiger charge is 2.35. The third kappa shape index (κ3) is 6.78. The average molecular weight is 527 g/mol. The molecule has 1 aromatic heterocycles. The summed E-state index contributed by atoms with van der Waals surface area (Å²) < 4.78 is 41.0. The van der Waals surface area contributed by atoms with Gasteiger partial charge in [0.2, 0.25) is 11.9 Å². The maximum absolute atomic E-state index is 13.7. The number of hydrogen-bond acceptors (Lipinski definition) is 6. The lowest BCUT2D eigenvalue weighted by atomic mass is 9.89. The summed E-state index contributed by atoms with van der Waals surface area (Å²) >= 11 is 0. The molecule has 11 heteroatoms. The fourth-order valence-electron chi connectivity index (χ4n) is 4.68. The third-order valence-corrected chi connectivity index (χ3v) is 6.68. The van der Waals surface area contributed by atoms with Gasteiger partial charge in [0, 0.05) is 25.0 Å². The molecule has 0 saturated carbocycles. The first-order chi connectivity index (χ1) is 18.1. The van der Waals surface area contributed by atoms with E-state index in [2.05, 4.69) is 15.3 Å². The highest BCUT2D eigenvalue weighted by molar-refractivity contribution is 5.77. The molecular weight excluding hydrogens is 499 g/mol. The van der Waals surface area contributed by atoms with Crippen molar-refractivity contribution in [3.63, 3.8) is 0 Å². The zero-order chi connectivity index (χ0) is 27.3.